The average Bonchev–Trinajstić information content (AvgIpc) is 2.21. The molecule has 1 saturated heterocycles. The molecule has 0 aromatic carbocycles. The van der Waals surface area contributed by atoms with Crippen LogP contribution in [0.2, 0.25) is 0 Å². The average molecular weight is 276 g/mol. The Bertz CT molecular complexity index is 316. The summed E-state index contributed by atoms with van der Waals surface area (Å²) in [5.74, 6) is -2.70. The van der Waals surface area contributed by atoms with Crippen LogP contribution in [0.5, 0.6) is 0 Å². The third-order valence-electron chi connectivity index (χ3n) is 2.20. The second-order valence-corrected chi connectivity index (χ2v) is 4.70. The van der Waals surface area contributed by atoms with Gasteiger partial charge in [0.15, 0.2) is 0 Å². The van der Waals surface area contributed by atoms with Crippen LogP contribution in [0.1, 0.15) is 0 Å². The third-order valence-corrected chi connectivity index (χ3v) is 2.68. The van der Waals surface area contributed by atoms with Crippen molar-refractivity contribution in [2.24, 2.45) is 0 Å². The quantitative estimate of drug-likeness (QED) is 0.253. The van der Waals surface area contributed by atoms with Gasteiger partial charge in [0, 0.05) is 0 Å². The van der Waals surface area contributed by atoms with Crippen molar-refractivity contribution in [3.05, 3.63) is 0 Å². The molecule has 11 heteroatoms. The topological polar surface area (TPSA) is 177 Å². The Kier molecular flexibility index (Phi) is 4.27. The van der Waals surface area contributed by atoms with Crippen molar-refractivity contribution >= 4 is 7.82 Å². The minimum atomic E-state index is -5.06. The molecule has 5 atom stereocenters. The van der Waals surface area contributed by atoms with Gasteiger partial charge in [-0.1, -0.05) is 0 Å². The van der Waals surface area contributed by atoms with E-state index in [4.69, 9.17) is 14.9 Å². The van der Waals surface area contributed by atoms with Gasteiger partial charge in [-0.15, -0.1) is 0 Å². The van der Waals surface area contributed by atoms with E-state index < -0.39 is 44.8 Å². The molecule has 0 saturated carbocycles. The molecule has 102 valence electrons. The number of phosphoric acid groups is 1. The van der Waals surface area contributed by atoms with Crippen LogP contribution >= 0.6 is 7.82 Å². The highest BCUT2D eigenvalue weighted by atomic mass is 31.2. The Balaban J connectivity index is 2.90. The number of aliphatic hydroxyl groups excluding tert-OH is 4. The Hall–Kier alpha value is -0.130. The van der Waals surface area contributed by atoms with E-state index in [1.54, 1.807) is 0 Å². The monoisotopic (exact) mass is 276 g/mol. The molecule has 17 heavy (non-hydrogen) atoms. The summed E-state index contributed by atoms with van der Waals surface area (Å²) in [4.78, 5) is 17.0. The van der Waals surface area contributed by atoms with Gasteiger partial charge in [-0.2, -0.15) is 0 Å². The van der Waals surface area contributed by atoms with E-state index in [0.29, 0.717) is 0 Å². The molecule has 1 fully saturated rings. The Morgan fingerprint density at radius 2 is 1.76 bits per heavy atom. The molecule has 10 nitrogen and oxygen atoms in total. The minimum absolute atomic E-state index is 1.18. The maximum atomic E-state index is 10.5. The fourth-order valence-corrected chi connectivity index (χ4v) is 1.74. The Morgan fingerprint density at radius 1 is 1.24 bits per heavy atom. The van der Waals surface area contributed by atoms with Crippen molar-refractivity contribution in [2.45, 2.75) is 30.4 Å². The molecule has 0 aromatic rings. The van der Waals surface area contributed by atoms with E-state index >= 15 is 0 Å². The van der Waals surface area contributed by atoms with Crippen molar-refractivity contribution in [2.75, 3.05) is 6.61 Å². The number of hydrogen-bond acceptors (Lipinski definition) is 8. The summed E-state index contributed by atoms with van der Waals surface area (Å²) in [6.45, 7) is -1.18. The van der Waals surface area contributed by atoms with Crippen LogP contribution in [0, 0.1) is 0 Å². The molecule has 0 aromatic heterocycles. The standard InChI is InChI=1S/C6H13O10P/c7-1-6(11)4(10)2(8)3(9)5(15-6)16-17(12,13)14/h2-5,7-11H,1H2,(H2,12,13,14)/t2-,3-,4-,5+,6-/m0/s1. The molecule has 1 heterocycles. The molecule has 0 unspecified atom stereocenters. The van der Waals surface area contributed by atoms with E-state index in [2.05, 4.69) is 9.26 Å². The third kappa shape index (κ3) is 3.20. The largest absolute Gasteiger partial charge is 0.472 e. The number of rotatable bonds is 3. The molecule has 1 aliphatic heterocycles. The van der Waals surface area contributed by atoms with Crippen LogP contribution < -0.4 is 0 Å². The van der Waals surface area contributed by atoms with E-state index in [1.165, 1.54) is 0 Å². The van der Waals surface area contributed by atoms with Gasteiger partial charge < -0.3 is 40.1 Å². The first-order chi connectivity index (χ1) is 7.60. The second kappa shape index (κ2) is 4.86. The van der Waals surface area contributed by atoms with Crippen LogP contribution in [-0.2, 0) is 13.8 Å². The zero-order valence-corrected chi connectivity index (χ0v) is 9.21. The van der Waals surface area contributed by atoms with Crippen molar-refractivity contribution in [1.29, 1.82) is 0 Å². The first-order valence-corrected chi connectivity index (χ1v) is 5.93. The SMILES string of the molecule is O=P(O)(O)O[C@H]1O[C@@](O)(CO)[C@@H](O)[C@@H](O)[C@@H]1O. The van der Waals surface area contributed by atoms with Gasteiger partial charge in [0.25, 0.3) is 0 Å². The zero-order chi connectivity index (χ0) is 13.4. The fraction of sp³-hybridized carbons (Fsp3) is 1.00. The zero-order valence-electron chi connectivity index (χ0n) is 8.32. The summed E-state index contributed by atoms with van der Waals surface area (Å²) in [7, 11) is -5.06. The Labute approximate surface area is 94.9 Å². The lowest BCUT2D eigenvalue weighted by atomic mass is 9.96. The maximum Gasteiger partial charge on any atom is 0.472 e. The molecule has 1 rings (SSSR count). The van der Waals surface area contributed by atoms with Gasteiger partial charge in [0.2, 0.25) is 12.1 Å². The second-order valence-electron chi connectivity index (χ2n) is 3.51. The predicted octanol–water partition coefficient (Wildman–Crippen LogP) is -3.78. The normalized spacial score (nSPS) is 43.7. The summed E-state index contributed by atoms with van der Waals surface area (Å²) in [6, 6.07) is 0. The van der Waals surface area contributed by atoms with E-state index in [-0.39, 0.29) is 0 Å². The van der Waals surface area contributed by atoms with Crippen LogP contribution in [0.3, 0.4) is 0 Å². The van der Waals surface area contributed by atoms with Crippen molar-refractivity contribution in [3.8, 4) is 0 Å². The lowest BCUT2D eigenvalue weighted by Gasteiger charge is -2.44. The summed E-state index contributed by atoms with van der Waals surface area (Å²) in [5, 5.41) is 46.1. The number of hydrogen-bond donors (Lipinski definition) is 7. The van der Waals surface area contributed by atoms with Gasteiger partial charge in [-0.05, 0) is 0 Å². The van der Waals surface area contributed by atoms with Crippen LogP contribution in [0.15, 0.2) is 0 Å². The predicted molar refractivity (Wildman–Crippen MR) is 48.1 cm³/mol. The molecular weight excluding hydrogens is 263 g/mol. The van der Waals surface area contributed by atoms with Crippen LogP contribution in [-0.4, -0.2) is 72.3 Å². The van der Waals surface area contributed by atoms with Crippen molar-refractivity contribution in [3.63, 3.8) is 0 Å². The minimum Gasteiger partial charge on any atom is -0.391 e. The molecule has 7 N–H and O–H groups in total. The van der Waals surface area contributed by atoms with Crippen LogP contribution in [0.25, 0.3) is 0 Å². The molecule has 1 aliphatic rings. The number of phosphoric ester groups is 1. The first-order valence-electron chi connectivity index (χ1n) is 4.40. The molecule has 0 spiro atoms. The Morgan fingerprint density at radius 3 is 2.18 bits per heavy atom. The lowest BCUT2D eigenvalue weighted by molar-refractivity contribution is -0.385. The van der Waals surface area contributed by atoms with E-state index in [9.17, 15) is 25.0 Å². The molecule has 0 radical (unpaired) electrons. The summed E-state index contributed by atoms with van der Waals surface area (Å²) >= 11 is 0. The summed E-state index contributed by atoms with van der Waals surface area (Å²) in [5.41, 5.74) is 0. The van der Waals surface area contributed by atoms with Gasteiger partial charge in [-0.25, -0.2) is 4.57 Å². The highest BCUT2D eigenvalue weighted by Gasteiger charge is 2.54. The van der Waals surface area contributed by atoms with Gasteiger partial charge >= 0.3 is 7.82 Å². The number of aliphatic hydroxyl groups is 5. The molecule has 0 bridgehead atoms. The smallest absolute Gasteiger partial charge is 0.391 e. The lowest BCUT2D eigenvalue weighted by Crippen LogP contribution is -2.66. The first kappa shape index (κ1) is 14.9. The van der Waals surface area contributed by atoms with Gasteiger partial charge in [0.1, 0.15) is 18.3 Å². The maximum absolute atomic E-state index is 10.5. The van der Waals surface area contributed by atoms with E-state index in [1.807, 2.05) is 0 Å². The fourth-order valence-electron chi connectivity index (χ4n) is 1.31. The highest BCUT2D eigenvalue weighted by molar-refractivity contribution is 7.46. The molecule has 0 aliphatic carbocycles. The van der Waals surface area contributed by atoms with E-state index in [0.717, 1.165) is 0 Å². The summed E-state index contributed by atoms with van der Waals surface area (Å²) in [6.07, 6.45) is -8.20. The van der Waals surface area contributed by atoms with Crippen molar-refractivity contribution < 1.29 is 49.1 Å². The number of ether oxygens (including phenoxy) is 1. The van der Waals surface area contributed by atoms with Gasteiger partial charge in [0.05, 0.1) is 6.61 Å². The highest BCUT2D eigenvalue weighted by Crippen LogP contribution is 2.41. The van der Waals surface area contributed by atoms with Gasteiger partial charge in [-0.3, -0.25) is 4.52 Å². The summed E-state index contributed by atoms with van der Waals surface area (Å²) < 4.78 is 18.9. The molecular formula is C6H13O10P. The van der Waals surface area contributed by atoms with Crippen LogP contribution in [0.4, 0.5) is 0 Å². The van der Waals surface area contributed by atoms with Crippen molar-refractivity contribution in [1.82, 2.24) is 0 Å². The molecule has 0 amide bonds.